The van der Waals surface area contributed by atoms with Crippen molar-refractivity contribution in [3.63, 3.8) is 0 Å². The second-order valence-electron chi connectivity index (χ2n) is 7.04. The summed E-state index contributed by atoms with van der Waals surface area (Å²) in [6.07, 6.45) is 3.72. The van der Waals surface area contributed by atoms with Gasteiger partial charge in [0.05, 0.1) is 6.54 Å². The average molecular weight is 345 g/mol. The molecule has 2 N–H and O–H groups in total. The molecule has 1 aliphatic rings. The molecule has 0 spiro atoms. The fraction of sp³-hybridized carbons (Fsp3) is 0.600. The van der Waals surface area contributed by atoms with Crippen LogP contribution in [-0.4, -0.2) is 37.0 Å². The number of benzene rings is 1. The van der Waals surface area contributed by atoms with Crippen LogP contribution in [-0.2, 0) is 11.2 Å². The maximum Gasteiger partial charge on any atom is 0.251 e. The van der Waals surface area contributed by atoms with E-state index in [1.54, 1.807) is 0 Å². The van der Waals surface area contributed by atoms with E-state index in [-0.39, 0.29) is 23.9 Å². The molecule has 0 saturated carbocycles. The van der Waals surface area contributed by atoms with Crippen LogP contribution in [0.15, 0.2) is 18.2 Å². The first-order chi connectivity index (χ1) is 12.0. The topological polar surface area (TPSA) is 61.4 Å². The molecule has 0 aromatic heterocycles. The van der Waals surface area contributed by atoms with Crippen LogP contribution in [0.1, 0.15) is 62.9 Å². The zero-order valence-electron chi connectivity index (χ0n) is 15.9. The summed E-state index contributed by atoms with van der Waals surface area (Å²) in [6.45, 7) is 9.29. The van der Waals surface area contributed by atoms with E-state index in [2.05, 4.69) is 29.4 Å². The van der Waals surface area contributed by atoms with Crippen molar-refractivity contribution >= 4 is 17.5 Å². The molecule has 5 nitrogen and oxygen atoms in total. The summed E-state index contributed by atoms with van der Waals surface area (Å²) in [4.78, 5) is 27.0. The highest BCUT2D eigenvalue weighted by atomic mass is 16.2. The van der Waals surface area contributed by atoms with Crippen LogP contribution >= 0.6 is 0 Å². The van der Waals surface area contributed by atoms with Crippen LogP contribution in [0.3, 0.4) is 0 Å². The predicted octanol–water partition coefficient (Wildman–Crippen LogP) is 2.88. The first kappa shape index (κ1) is 19.3. The van der Waals surface area contributed by atoms with Gasteiger partial charge in [0.1, 0.15) is 0 Å². The Morgan fingerprint density at radius 3 is 2.52 bits per heavy atom. The van der Waals surface area contributed by atoms with Crippen LogP contribution < -0.4 is 15.5 Å². The first-order valence-electron chi connectivity index (χ1n) is 9.43. The van der Waals surface area contributed by atoms with E-state index in [4.69, 9.17) is 0 Å². The molecule has 2 rings (SSSR count). The quantitative estimate of drug-likeness (QED) is 0.799. The summed E-state index contributed by atoms with van der Waals surface area (Å²) in [5, 5.41) is 6.07. The monoisotopic (exact) mass is 345 g/mol. The molecule has 5 heteroatoms. The Balaban J connectivity index is 2.16. The summed E-state index contributed by atoms with van der Waals surface area (Å²) in [5.74, 6) is 0.0220. The summed E-state index contributed by atoms with van der Waals surface area (Å²) < 4.78 is 0. The van der Waals surface area contributed by atoms with E-state index in [9.17, 15) is 9.59 Å². The lowest BCUT2D eigenvalue weighted by Gasteiger charge is -2.32. The molecule has 1 aromatic rings. The van der Waals surface area contributed by atoms with E-state index in [1.807, 2.05) is 32.0 Å². The van der Waals surface area contributed by atoms with Crippen molar-refractivity contribution < 1.29 is 9.59 Å². The van der Waals surface area contributed by atoms with E-state index in [0.717, 1.165) is 49.0 Å². The van der Waals surface area contributed by atoms with Gasteiger partial charge >= 0.3 is 0 Å². The number of carbonyl (C=O) groups is 2. The van der Waals surface area contributed by atoms with Crippen LogP contribution in [0.4, 0.5) is 5.69 Å². The highest BCUT2D eigenvalue weighted by Crippen LogP contribution is 2.29. The summed E-state index contributed by atoms with van der Waals surface area (Å²) in [7, 11) is 0. The number of nitrogens with one attached hydrogen (secondary N) is 2. The second kappa shape index (κ2) is 8.88. The highest BCUT2D eigenvalue weighted by Gasteiger charge is 2.24. The average Bonchev–Trinajstić information content (AvgIpc) is 2.58. The fourth-order valence-electron chi connectivity index (χ4n) is 3.36. The third-order valence-electron chi connectivity index (χ3n) is 4.70. The van der Waals surface area contributed by atoms with Gasteiger partial charge in [-0.25, -0.2) is 0 Å². The molecule has 0 atom stereocenters. The molecule has 1 aromatic carbocycles. The lowest BCUT2D eigenvalue weighted by Crippen LogP contribution is -2.43. The number of fused-ring (bicyclic) bond motifs is 1. The number of nitrogens with zero attached hydrogens (tertiary/aromatic N) is 1. The van der Waals surface area contributed by atoms with Crippen LogP contribution in [0.25, 0.3) is 0 Å². The Morgan fingerprint density at radius 1 is 1.16 bits per heavy atom. The molecular weight excluding hydrogens is 314 g/mol. The second-order valence-corrected chi connectivity index (χ2v) is 7.04. The maximum absolute atomic E-state index is 12.5. The minimum atomic E-state index is -0.0322. The molecule has 0 saturated heterocycles. The Hall–Kier alpha value is -2.04. The van der Waals surface area contributed by atoms with Crippen molar-refractivity contribution in [3.8, 4) is 0 Å². The molecule has 0 unspecified atom stereocenters. The van der Waals surface area contributed by atoms with E-state index in [1.165, 1.54) is 0 Å². The SMILES string of the molecule is CCC(CC)NC(=O)CN1CCCc2c(C(=O)NC(C)C)cccc21. The fourth-order valence-corrected chi connectivity index (χ4v) is 3.36. The van der Waals surface area contributed by atoms with Gasteiger partial charge in [-0.2, -0.15) is 0 Å². The Morgan fingerprint density at radius 2 is 1.88 bits per heavy atom. The minimum Gasteiger partial charge on any atom is -0.362 e. The normalized spacial score (nSPS) is 13.8. The number of hydrogen-bond acceptors (Lipinski definition) is 3. The zero-order chi connectivity index (χ0) is 18.4. The number of amides is 2. The predicted molar refractivity (Wildman–Crippen MR) is 102 cm³/mol. The van der Waals surface area contributed by atoms with E-state index < -0.39 is 0 Å². The molecule has 0 aliphatic carbocycles. The third-order valence-corrected chi connectivity index (χ3v) is 4.70. The van der Waals surface area contributed by atoms with Gasteiger partial charge in [-0.15, -0.1) is 0 Å². The van der Waals surface area contributed by atoms with Crippen LogP contribution in [0.5, 0.6) is 0 Å². The molecule has 2 amide bonds. The Labute approximate surface area is 151 Å². The van der Waals surface area contributed by atoms with Crippen molar-refractivity contribution in [2.24, 2.45) is 0 Å². The van der Waals surface area contributed by atoms with Gasteiger partial charge in [0.15, 0.2) is 0 Å². The van der Waals surface area contributed by atoms with Crippen molar-refractivity contribution in [2.75, 3.05) is 18.0 Å². The van der Waals surface area contributed by atoms with Crippen molar-refractivity contribution in [1.29, 1.82) is 0 Å². The van der Waals surface area contributed by atoms with Gasteiger partial charge in [0, 0.05) is 29.9 Å². The zero-order valence-corrected chi connectivity index (χ0v) is 15.9. The number of carbonyl (C=O) groups excluding carboxylic acids is 2. The first-order valence-corrected chi connectivity index (χ1v) is 9.43. The minimum absolute atomic E-state index is 0.0322. The third kappa shape index (κ3) is 4.97. The largest absolute Gasteiger partial charge is 0.362 e. The molecule has 138 valence electrons. The molecule has 0 bridgehead atoms. The standard InChI is InChI=1S/C20H31N3O2/c1-5-15(6-2)22-19(24)13-23-12-8-10-16-17(9-7-11-18(16)23)20(25)21-14(3)4/h7,9,11,14-15H,5-6,8,10,12-13H2,1-4H3,(H,21,25)(H,22,24). The maximum atomic E-state index is 12.5. The van der Waals surface area contributed by atoms with Crippen molar-refractivity contribution in [2.45, 2.75) is 65.5 Å². The molecule has 0 radical (unpaired) electrons. The summed E-state index contributed by atoms with van der Waals surface area (Å²) in [5.41, 5.74) is 2.81. The molecule has 1 aliphatic heterocycles. The molecular formula is C20H31N3O2. The molecule has 0 fully saturated rings. The van der Waals surface area contributed by atoms with Crippen molar-refractivity contribution in [3.05, 3.63) is 29.3 Å². The van der Waals surface area contributed by atoms with E-state index >= 15 is 0 Å². The Bertz CT molecular complexity index is 609. The van der Waals surface area contributed by atoms with Crippen LogP contribution in [0, 0.1) is 0 Å². The van der Waals surface area contributed by atoms with E-state index in [0.29, 0.717) is 6.54 Å². The summed E-state index contributed by atoms with van der Waals surface area (Å²) in [6, 6.07) is 6.15. The number of hydrogen-bond donors (Lipinski definition) is 2. The molecule has 25 heavy (non-hydrogen) atoms. The van der Waals surface area contributed by atoms with Gasteiger partial charge in [0.2, 0.25) is 5.91 Å². The van der Waals surface area contributed by atoms with Gasteiger partial charge in [-0.05, 0) is 57.2 Å². The van der Waals surface area contributed by atoms with Crippen molar-refractivity contribution in [1.82, 2.24) is 10.6 Å². The number of anilines is 1. The lowest BCUT2D eigenvalue weighted by molar-refractivity contribution is -0.120. The van der Waals surface area contributed by atoms with Gasteiger partial charge in [0.25, 0.3) is 5.91 Å². The lowest BCUT2D eigenvalue weighted by atomic mass is 9.95. The smallest absolute Gasteiger partial charge is 0.251 e. The van der Waals surface area contributed by atoms with Gasteiger partial charge in [-0.1, -0.05) is 19.9 Å². The number of rotatable bonds is 7. The Kier molecular flexibility index (Phi) is 6.85. The van der Waals surface area contributed by atoms with Crippen LogP contribution in [0.2, 0.25) is 0 Å². The highest BCUT2D eigenvalue weighted by molar-refractivity contribution is 5.97. The summed E-state index contributed by atoms with van der Waals surface area (Å²) >= 11 is 0. The van der Waals surface area contributed by atoms with Gasteiger partial charge in [-0.3, -0.25) is 9.59 Å². The molecule has 1 heterocycles. The van der Waals surface area contributed by atoms with Gasteiger partial charge < -0.3 is 15.5 Å².